The Hall–Kier alpha value is -1.14. The topological polar surface area (TPSA) is 110 Å². The molecule has 0 radical (unpaired) electrons. The van der Waals surface area contributed by atoms with Gasteiger partial charge in [-0.15, -0.1) is 0 Å². The number of rotatable bonds is 10. The Balaban J connectivity index is 1.98. The van der Waals surface area contributed by atoms with Crippen molar-refractivity contribution in [3.05, 3.63) is 0 Å². The van der Waals surface area contributed by atoms with Gasteiger partial charge in [-0.2, -0.15) is 0 Å². The molecule has 0 aromatic carbocycles. The third kappa shape index (κ3) is 9.06. The molecule has 3 fully saturated rings. The molecule has 2 heterocycles. The number of ketones is 1. The van der Waals surface area contributed by atoms with Gasteiger partial charge in [-0.05, 0) is 105 Å². The van der Waals surface area contributed by atoms with Crippen molar-refractivity contribution < 1.29 is 33.6 Å². The number of carbonyl (C=O) groups is 2. The molecule has 0 bridgehead atoms. The van der Waals surface area contributed by atoms with Crippen LogP contribution in [0.15, 0.2) is 0 Å². The van der Waals surface area contributed by atoms with E-state index in [0.29, 0.717) is 24.8 Å². The van der Waals surface area contributed by atoms with Crippen molar-refractivity contribution in [2.45, 2.75) is 142 Å². The molecule has 3 rings (SSSR count). The summed E-state index contributed by atoms with van der Waals surface area (Å²) >= 11 is 0. The van der Waals surface area contributed by atoms with Gasteiger partial charge in [0.25, 0.3) is 0 Å². The molecule has 0 aromatic rings. The maximum atomic E-state index is 14.3. The van der Waals surface area contributed by atoms with Gasteiger partial charge in [0.15, 0.2) is 12.1 Å². The lowest BCUT2D eigenvalue weighted by atomic mass is 9.74. The molecule has 0 amide bonds. The molecule has 0 spiro atoms. The van der Waals surface area contributed by atoms with E-state index in [1.54, 1.807) is 27.9 Å². The molecule has 10 nitrogen and oxygen atoms in total. The van der Waals surface area contributed by atoms with Crippen LogP contribution in [-0.2, 0) is 28.5 Å². The molecule has 262 valence electrons. The molecule has 5 unspecified atom stereocenters. The molecule has 2 N–H and O–H groups in total. The van der Waals surface area contributed by atoms with Gasteiger partial charge >= 0.3 is 5.97 Å². The summed E-state index contributed by atoms with van der Waals surface area (Å²) < 4.78 is 25.2. The summed E-state index contributed by atoms with van der Waals surface area (Å²) in [7, 11) is 5.53. The summed E-state index contributed by atoms with van der Waals surface area (Å²) in [6.07, 6.45) is 2.67. The van der Waals surface area contributed by atoms with Gasteiger partial charge in [0.2, 0.25) is 0 Å². The number of nitrogens with one attached hydrogen (secondary N) is 1. The second kappa shape index (κ2) is 16.3. The number of methoxy groups -OCH3 is 1. The van der Waals surface area contributed by atoms with Crippen LogP contribution in [0.5, 0.6) is 0 Å². The zero-order chi connectivity index (χ0) is 33.7. The van der Waals surface area contributed by atoms with Crippen molar-refractivity contribution in [1.29, 1.82) is 0 Å². The largest absolute Gasteiger partial charge is 0.463 e. The molecular weight excluding hydrogens is 574 g/mol. The highest BCUT2D eigenvalue weighted by Crippen LogP contribution is 2.40. The third-order valence-electron chi connectivity index (χ3n) is 10.7. The van der Waals surface area contributed by atoms with E-state index < -0.39 is 41.4 Å². The van der Waals surface area contributed by atoms with Gasteiger partial charge < -0.3 is 34.3 Å². The van der Waals surface area contributed by atoms with E-state index in [9.17, 15) is 14.7 Å². The van der Waals surface area contributed by atoms with Gasteiger partial charge in [0, 0.05) is 37.7 Å². The van der Waals surface area contributed by atoms with Crippen LogP contribution < -0.4 is 5.32 Å². The normalized spacial score (nSPS) is 40.6. The number of cyclic esters (lactones) is 1. The zero-order valence-electron chi connectivity index (χ0n) is 30.1. The van der Waals surface area contributed by atoms with Crippen molar-refractivity contribution in [2.24, 2.45) is 23.2 Å². The molecule has 45 heavy (non-hydrogen) atoms. The van der Waals surface area contributed by atoms with E-state index in [1.807, 2.05) is 32.8 Å². The third-order valence-corrected chi connectivity index (χ3v) is 10.7. The van der Waals surface area contributed by atoms with Gasteiger partial charge in [-0.25, -0.2) is 0 Å². The number of esters is 1. The minimum Gasteiger partial charge on any atom is -0.463 e. The fraction of sp³-hybridized carbons (Fsp3) is 0.943. The molecule has 1 saturated carbocycles. The minimum atomic E-state index is -1.40. The summed E-state index contributed by atoms with van der Waals surface area (Å²) in [6.45, 7) is 18.6. The predicted octanol–water partition coefficient (Wildman–Crippen LogP) is 3.88. The second-order valence-corrected chi connectivity index (χ2v) is 15.3. The maximum Gasteiger partial charge on any atom is 0.319 e. The van der Waals surface area contributed by atoms with Crippen molar-refractivity contribution in [3.8, 4) is 0 Å². The van der Waals surface area contributed by atoms with E-state index in [0.717, 1.165) is 45.3 Å². The number of aliphatic hydroxyl groups excluding tert-OH is 1. The Bertz CT molecular complexity index is 958. The Morgan fingerprint density at radius 1 is 1.07 bits per heavy atom. The number of carbonyl (C=O) groups excluding carboxylic acids is 2. The van der Waals surface area contributed by atoms with E-state index in [1.165, 1.54) is 0 Å². The van der Waals surface area contributed by atoms with Crippen LogP contribution in [0.2, 0.25) is 0 Å². The van der Waals surface area contributed by atoms with Crippen LogP contribution in [0.4, 0.5) is 0 Å². The Labute approximate surface area is 273 Å². The number of nitrogens with zero attached hydrogens (tertiary/aromatic N) is 2. The molecule has 2 aliphatic heterocycles. The zero-order valence-corrected chi connectivity index (χ0v) is 30.1. The predicted molar refractivity (Wildman–Crippen MR) is 176 cm³/mol. The summed E-state index contributed by atoms with van der Waals surface area (Å²) in [5, 5.41) is 15.0. The van der Waals surface area contributed by atoms with Crippen LogP contribution in [0.25, 0.3) is 0 Å². The molecular formula is C35H65N3O7. The monoisotopic (exact) mass is 639 g/mol. The lowest BCUT2D eigenvalue weighted by Gasteiger charge is -2.47. The highest BCUT2D eigenvalue weighted by Gasteiger charge is 2.52. The number of hydrogen-bond acceptors (Lipinski definition) is 10. The number of ether oxygens (including phenoxy) is 4. The van der Waals surface area contributed by atoms with E-state index in [4.69, 9.17) is 18.9 Å². The Morgan fingerprint density at radius 2 is 1.73 bits per heavy atom. The second-order valence-electron chi connectivity index (χ2n) is 15.3. The highest BCUT2D eigenvalue weighted by molar-refractivity contribution is 6.04. The molecule has 9 atom stereocenters. The summed E-state index contributed by atoms with van der Waals surface area (Å²) in [4.78, 5) is 32.5. The lowest BCUT2D eigenvalue weighted by Crippen LogP contribution is -2.59. The number of Topliss-reactive ketones (excluding diaryl/α,β-unsaturated/α-hetero) is 1. The quantitative estimate of drug-likeness (QED) is 0.270. The van der Waals surface area contributed by atoms with Gasteiger partial charge in [0.1, 0.15) is 18.1 Å². The maximum absolute atomic E-state index is 14.3. The van der Waals surface area contributed by atoms with E-state index in [2.05, 4.69) is 31.0 Å². The van der Waals surface area contributed by atoms with Crippen molar-refractivity contribution in [1.82, 2.24) is 15.1 Å². The molecule has 1 aliphatic carbocycles. The number of hydrogen-bond donors (Lipinski definition) is 2. The van der Waals surface area contributed by atoms with Crippen molar-refractivity contribution in [2.75, 3.05) is 47.4 Å². The molecule has 2 saturated heterocycles. The Kier molecular flexibility index (Phi) is 13.9. The first-order valence-corrected chi connectivity index (χ1v) is 17.5. The van der Waals surface area contributed by atoms with Crippen LogP contribution in [0.3, 0.4) is 0 Å². The summed E-state index contributed by atoms with van der Waals surface area (Å²) in [5.74, 6) is -0.932. The fourth-order valence-electron chi connectivity index (χ4n) is 7.92. The SMILES string of the molecule is CCCNC1CC(C2COC(=O)C(C)(C)C(=O)C(C)C(O[C@@H]3O[C@H](C)C[C@H](N(C)C)[C@H]3O)C(C)(OC)CC(C)CN2CCC)C1. The smallest absolute Gasteiger partial charge is 0.319 e. The molecule has 0 aromatic heterocycles. The summed E-state index contributed by atoms with van der Waals surface area (Å²) in [6, 6.07) is 0.412. The van der Waals surface area contributed by atoms with E-state index >= 15 is 0 Å². The van der Waals surface area contributed by atoms with Crippen LogP contribution in [-0.4, -0.2) is 122 Å². The average molecular weight is 640 g/mol. The average Bonchev–Trinajstić information content (AvgIpc) is 2.96. The van der Waals surface area contributed by atoms with Gasteiger partial charge in [-0.1, -0.05) is 27.7 Å². The first kappa shape index (κ1) is 38.3. The van der Waals surface area contributed by atoms with Gasteiger partial charge in [-0.3, -0.25) is 14.5 Å². The van der Waals surface area contributed by atoms with E-state index in [-0.39, 0.29) is 36.5 Å². The van der Waals surface area contributed by atoms with Gasteiger partial charge in [0.05, 0.1) is 17.8 Å². The highest BCUT2D eigenvalue weighted by atomic mass is 16.7. The van der Waals surface area contributed by atoms with Crippen LogP contribution >= 0.6 is 0 Å². The van der Waals surface area contributed by atoms with Crippen molar-refractivity contribution in [3.63, 3.8) is 0 Å². The molecule has 3 aliphatic rings. The lowest BCUT2D eigenvalue weighted by molar-refractivity contribution is -0.295. The molecule has 10 heteroatoms. The number of likely N-dealkylation sites (N-methyl/N-ethyl adjacent to an activating group) is 1. The Morgan fingerprint density at radius 3 is 2.31 bits per heavy atom. The standard InChI is InChI=1S/C35H65N3O7/c1-12-14-36-26-17-25(18-26)28-21-43-33(41)34(6,7)30(40)24(5)31(35(8,42-11)19-22(3)20-38(28)15-13-2)45-32-29(39)27(37(9)10)16-23(4)44-32/h22-29,31-32,36,39H,12-21H2,1-11H3/t22?,23-,24?,25?,26?,27+,28?,29-,31?,32+,35?/m1/s1. The fourth-order valence-corrected chi connectivity index (χ4v) is 7.92. The van der Waals surface area contributed by atoms with Crippen molar-refractivity contribution >= 4 is 11.8 Å². The summed E-state index contributed by atoms with van der Waals surface area (Å²) in [5.41, 5.74) is -2.30. The van der Waals surface area contributed by atoms with Crippen LogP contribution in [0, 0.1) is 23.2 Å². The first-order valence-electron chi connectivity index (χ1n) is 17.5. The van der Waals surface area contributed by atoms with Crippen LogP contribution in [0.1, 0.15) is 93.9 Å². The minimum absolute atomic E-state index is 0.0798. The number of aliphatic hydroxyl groups is 1. The first-order chi connectivity index (χ1) is 21.1.